The Morgan fingerprint density at radius 1 is 0.971 bits per heavy atom. The summed E-state index contributed by atoms with van der Waals surface area (Å²) in [5.41, 5.74) is 1.92. The number of thiocarbonyl (C=S) groups is 1. The second kappa shape index (κ2) is 10.4. The SMILES string of the molecule is O=C(NC(=S)Nc1ccc(N2CCN(C(=O)c3cccs3)CC2)cc1)c1ccc([N+](=O)[O-])cc1. The normalized spacial score (nSPS) is 13.3. The molecule has 1 aliphatic rings. The van der Waals surface area contributed by atoms with E-state index in [-0.39, 0.29) is 22.3 Å². The highest BCUT2D eigenvalue weighted by molar-refractivity contribution is 7.80. The van der Waals surface area contributed by atoms with Gasteiger partial charge in [0, 0.05) is 55.2 Å². The zero-order valence-electron chi connectivity index (χ0n) is 18.0. The van der Waals surface area contributed by atoms with Crippen molar-refractivity contribution in [2.24, 2.45) is 0 Å². The van der Waals surface area contributed by atoms with Crippen molar-refractivity contribution >= 4 is 57.5 Å². The molecule has 1 saturated heterocycles. The molecule has 0 aliphatic carbocycles. The molecule has 2 amide bonds. The molecule has 3 aromatic rings. The molecule has 1 aliphatic heterocycles. The highest BCUT2D eigenvalue weighted by atomic mass is 32.1. The Kier molecular flexibility index (Phi) is 7.14. The summed E-state index contributed by atoms with van der Waals surface area (Å²) in [4.78, 5) is 39.9. The molecule has 4 rings (SSSR count). The molecule has 1 aromatic heterocycles. The minimum atomic E-state index is -0.526. The van der Waals surface area contributed by atoms with Crippen molar-refractivity contribution in [2.75, 3.05) is 36.4 Å². The molecule has 0 radical (unpaired) electrons. The standard InChI is InChI=1S/C23H21N5O4S2/c29-21(16-3-7-19(8-4-16)28(31)32)25-23(33)24-17-5-9-18(10-6-17)26-11-13-27(14-12-26)22(30)20-2-1-15-34-20/h1-10,15H,11-14H2,(H2,24,25,29,33). The first kappa shape index (κ1) is 23.3. The van der Waals surface area contributed by atoms with Gasteiger partial charge in [0.2, 0.25) is 0 Å². The predicted molar refractivity (Wildman–Crippen MR) is 136 cm³/mol. The molecule has 2 aromatic carbocycles. The van der Waals surface area contributed by atoms with Crippen LogP contribution in [0.25, 0.3) is 0 Å². The summed E-state index contributed by atoms with van der Waals surface area (Å²) in [5, 5.41) is 18.3. The van der Waals surface area contributed by atoms with Gasteiger partial charge in [0.15, 0.2) is 5.11 Å². The van der Waals surface area contributed by atoms with Crippen molar-refractivity contribution in [3.8, 4) is 0 Å². The summed E-state index contributed by atoms with van der Waals surface area (Å²) in [6.45, 7) is 2.81. The van der Waals surface area contributed by atoms with Crippen molar-refractivity contribution in [3.63, 3.8) is 0 Å². The van der Waals surface area contributed by atoms with Crippen LogP contribution in [0.3, 0.4) is 0 Å². The Morgan fingerprint density at radius 2 is 1.65 bits per heavy atom. The van der Waals surface area contributed by atoms with Crippen molar-refractivity contribution in [1.29, 1.82) is 0 Å². The number of non-ortho nitro benzene ring substituents is 1. The molecule has 174 valence electrons. The lowest BCUT2D eigenvalue weighted by molar-refractivity contribution is -0.384. The van der Waals surface area contributed by atoms with Gasteiger partial charge in [-0.25, -0.2) is 0 Å². The van der Waals surface area contributed by atoms with E-state index in [9.17, 15) is 19.7 Å². The third kappa shape index (κ3) is 5.56. The number of thiophene rings is 1. The van der Waals surface area contributed by atoms with Crippen molar-refractivity contribution < 1.29 is 14.5 Å². The minimum absolute atomic E-state index is 0.0819. The summed E-state index contributed by atoms with van der Waals surface area (Å²) in [7, 11) is 0. The average molecular weight is 496 g/mol. The monoisotopic (exact) mass is 495 g/mol. The number of nitro groups is 1. The van der Waals surface area contributed by atoms with Crippen LogP contribution in [0.15, 0.2) is 66.0 Å². The van der Waals surface area contributed by atoms with Gasteiger partial charge in [0.05, 0.1) is 9.80 Å². The van der Waals surface area contributed by atoms with Crippen LogP contribution in [0, 0.1) is 10.1 Å². The predicted octanol–water partition coefficient (Wildman–Crippen LogP) is 3.75. The second-order valence-corrected chi connectivity index (χ2v) is 8.87. The van der Waals surface area contributed by atoms with Gasteiger partial charge >= 0.3 is 0 Å². The zero-order valence-corrected chi connectivity index (χ0v) is 19.6. The molecule has 34 heavy (non-hydrogen) atoms. The van der Waals surface area contributed by atoms with Gasteiger partial charge in [0.1, 0.15) is 0 Å². The van der Waals surface area contributed by atoms with E-state index in [1.807, 2.05) is 46.7 Å². The fraction of sp³-hybridized carbons (Fsp3) is 0.174. The summed E-state index contributed by atoms with van der Waals surface area (Å²) >= 11 is 6.67. The molecule has 2 heterocycles. The third-order valence-electron chi connectivity index (χ3n) is 5.36. The van der Waals surface area contributed by atoms with E-state index < -0.39 is 10.8 Å². The molecule has 0 spiro atoms. The third-order valence-corrected chi connectivity index (χ3v) is 6.42. The van der Waals surface area contributed by atoms with Crippen molar-refractivity contribution in [1.82, 2.24) is 10.2 Å². The molecule has 9 nitrogen and oxygen atoms in total. The van der Waals surface area contributed by atoms with Gasteiger partial charge in [-0.05, 0) is 60.1 Å². The lowest BCUT2D eigenvalue weighted by atomic mass is 10.2. The van der Waals surface area contributed by atoms with E-state index in [1.54, 1.807) is 0 Å². The molecule has 2 N–H and O–H groups in total. The highest BCUT2D eigenvalue weighted by Gasteiger charge is 2.22. The molecule has 0 saturated carbocycles. The molecule has 0 unspecified atom stereocenters. The van der Waals surface area contributed by atoms with Crippen LogP contribution in [0.1, 0.15) is 20.0 Å². The lowest BCUT2D eigenvalue weighted by Crippen LogP contribution is -2.48. The van der Waals surface area contributed by atoms with Crippen LogP contribution in [-0.2, 0) is 0 Å². The number of hydrogen-bond donors (Lipinski definition) is 2. The molecule has 0 atom stereocenters. The van der Waals surface area contributed by atoms with Crippen LogP contribution in [0.4, 0.5) is 17.1 Å². The lowest BCUT2D eigenvalue weighted by Gasteiger charge is -2.36. The van der Waals surface area contributed by atoms with Crippen LogP contribution in [0.2, 0.25) is 0 Å². The van der Waals surface area contributed by atoms with Crippen LogP contribution in [0.5, 0.6) is 0 Å². The van der Waals surface area contributed by atoms with E-state index in [1.165, 1.54) is 35.6 Å². The van der Waals surface area contributed by atoms with Gasteiger partial charge in [0.25, 0.3) is 17.5 Å². The first-order chi connectivity index (χ1) is 16.4. The van der Waals surface area contributed by atoms with Crippen molar-refractivity contribution in [3.05, 3.63) is 86.6 Å². The number of hydrogen-bond acceptors (Lipinski definition) is 7. The number of carbonyl (C=O) groups is 2. The Hall–Kier alpha value is -3.83. The molecule has 0 bridgehead atoms. The first-order valence-electron chi connectivity index (χ1n) is 10.5. The topological polar surface area (TPSA) is 108 Å². The number of amides is 2. The number of nitrogens with one attached hydrogen (secondary N) is 2. The van der Waals surface area contributed by atoms with E-state index >= 15 is 0 Å². The van der Waals surface area contributed by atoms with Crippen LogP contribution >= 0.6 is 23.6 Å². The Balaban J connectivity index is 1.27. The smallest absolute Gasteiger partial charge is 0.269 e. The van der Waals surface area contributed by atoms with Gasteiger partial charge < -0.3 is 15.1 Å². The number of nitro benzene ring substituents is 1. The summed E-state index contributed by atoms with van der Waals surface area (Å²) in [6.07, 6.45) is 0. The molecular weight excluding hydrogens is 474 g/mol. The Morgan fingerprint density at radius 3 is 2.24 bits per heavy atom. The Bertz CT molecular complexity index is 1190. The van der Waals surface area contributed by atoms with Crippen LogP contribution < -0.4 is 15.5 Å². The number of piperazine rings is 1. The van der Waals surface area contributed by atoms with Gasteiger partial charge in [-0.2, -0.15) is 0 Å². The number of nitrogens with zero attached hydrogens (tertiary/aromatic N) is 3. The average Bonchev–Trinajstić information content (AvgIpc) is 3.39. The fourth-order valence-electron chi connectivity index (χ4n) is 3.55. The fourth-order valence-corrected chi connectivity index (χ4v) is 4.45. The maximum absolute atomic E-state index is 12.5. The quantitative estimate of drug-likeness (QED) is 0.315. The molecule has 11 heteroatoms. The summed E-state index contributed by atoms with van der Waals surface area (Å²) < 4.78 is 0. The van der Waals surface area contributed by atoms with Gasteiger partial charge in [-0.3, -0.25) is 25.0 Å². The summed E-state index contributed by atoms with van der Waals surface area (Å²) in [6, 6.07) is 16.7. The zero-order chi connectivity index (χ0) is 24.1. The minimum Gasteiger partial charge on any atom is -0.368 e. The van der Waals surface area contributed by atoms with Gasteiger partial charge in [-0.1, -0.05) is 6.07 Å². The second-order valence-electron chi connectivity index (χ2n) is 7.52. The maximum Gasteiger partial charge on any atom is 0.269 e. The number of anilines is 2. The first-order valence-corrected chi connectivity index (χ1v) is 11.7. The van der Waals surface area contributed by atoms with Gasteiger partial charge in [-0.15, -0.1) is 11.3 Å². The van der Waals surface area contributed by atoms with E-state index in [0.29, 0.717) is 18.8 Å². The largest absolute Gasteiger partial charge is 0.368 e. The molecule has 1 fully saturated rings. The maximum atomic E-state index is 12.5. The van der Waals surface area contributed by atoms with E-state index in [0.717, 1.165) is 23.7 Å². The van der Waals surface area contributed by atoms with Crippen molar-refractivity contribution in [2.45, 2.75) is 0 Å². The number of carbonyl (C=O) groups excluding carboxylic acids is 2. The summed E-state index contributed by atoms with van der Waals surface area (Å²) in [5.74, 6) is -0.377. The number of rotatable bonds is 5. The van der Waals surface area contributed by atoms with E-state index in [4.69, 9.17) is 12.2 Å². The Labute approximate surface area is 205 Å². The number of benzene rings is 2. The molecular formula is C23H21N5O4S2. The van der Waals surface area contributed by atoms with E-state index in [2.05, 4.69) is 15.5 Å². The van der Waals surface area contributed by atoms with Crippen LogP contribution in [-0.4, -0.2) is 52.9 Å². The highest BCUT2D eigenvalue weighted by Crippen LogP contribution is 2.21.